The van der Waals surface area contributed by atoms with E-state index in [4.69, 9.17) is 37.4 Å². The highest BCUT2D eigenvalue weighted by atomic mass is 35.5. The summed E-state index contributed by atoms with van der Waals surface area (Å²) in [6, 6.07) is 17.9. The molecule has 2 atom stereocenters. The van der Waals surface area contributed by atoms with Crippen LogP contribution >= 0.6 is 23.2 Å². The Hall–Kier alpha value is -2.86. The number of methoxy groups -OCH3 is 3. The van der Waals surface area contributed by atoms with Crippen LogP contribution in [0, 0.1) is 0 Å². The molecule has 0 aliphatic carbocycles. The number of aromatic nitrogens is 1. The lowest BCUT2D eigenvalue weighted by atomic mass is 9.83. The molecule has 0 amide bonds. The Balaban J connectivity index is 1.70. The summed E-state index contributed by atoms with van der Waals surface area (Å²) in [7, 11) is 4.86. The molecule has 0 fully saturated rings. The van der Waals surface area contributed by atoms with E-state index in [1.807, 2.05) is 30.3 Å². The number of rotatable bonds is 5. The number of H-pyrrole nitrogens is 1. The van der Waals surface area contributed by atoms with E-state index in [0.717, 1.165) is 22.3 Å². The highest BCUT2D eigenvalue weighted by Crippen LogP contribution is 2.46. The number of halogens is 2. The van der Waals surface area contributed by atoms with Gasteiger partial charge in [-0.1, -0.05) is 47.5 Å². The average Bonchev–Trinajstić information content (AvgIpc) is 3.22. The van der Waals surface area contributed by atoms with Crippen molar-refractivity contribution in [2.45, 2.75) is 12.0 Å². The highest BCUT2D eigenvalue weighted by Gasteiger charge is 2.34. The fourth-order valence-electron chi connectivity index (χ4n) is 4.83. The quantitative estimate of drug-likeness (QED) is 0.349. The maximum absolute atomic E-state index is 6.64. The molecule has 33 heavy (non-hydrogen) atoms. The van der Waals surface area contributed by atoms with E-state index >= 15 is 0 Å². The van der Waals surface area contributed by atoms with Crippen molar-refractivity contribution in [1.82, 2.24) is 10.3 Å². The third-order valence-corrected chi connectivity index (χ3v) is 6.86. The molecule has 3 aromatic carbocycles. The Labute approximate surface area is 202 Å². The molecule has 5 rings (SSSR count). The first-order valence-corrected chi connectivity index (χ1v) is 11.4. The Kier molecular flexibility index (Phi) is 5.87. The molecule has 1 aromatic heterocycles. The van der Waals surface area contributed by atoms with Crippen LogP contribution in [0.15, 0.2) is 54.6 Å². The first-order chi connectivity index (χ1) is 16.0. The van der Waals surface area contributed by atoms with Crippen molar-refractivity contribution < 1.29 is 14.2 Å². The van der Waals surface area contributed by atoms with Crippen LogP contribution in [0.2, 0.25) is 10.0 Å². The standard InChI is InChI=1S/C26H24Cl2N2O3/c1-31-21-10-14(11-22(32-2)26(21)33-3)24-25-23(17-6-4-5-7-20(17)30-25)18(13-29-24)16-9-8-15(27)12-19(16)28/h4-12,18,24,29-30H,13H2,1-3H3/t18-,24-/m0/s1. The van der Waals surface area contributed by atoms with Gasteiger partial charge in [0.2, 0.25) is 5.75 Å². The maximum atomic E-state index is 6.64. The Morgan fingerprint density at radius 3 is 2.27 bits per heavy atom. The lowest BCUT2D eigenvalue weighted by Gasteiger charge is -2.32. The zero-order valence-electron chi connectivity index (χ0n) is 18.5. The molecule has 5 nitrogen and oxygen atoms in total. The number of benzene rings is 3. The SMILES string of the molecule is COc1cc([C@@H]2NC[C@@H](c3ccc(Cl)cc3Cl)c3c2[nH]c2ccccc32)cc(OC)c1OC. The molecule has 0 spiro atoms. The minimum absolute atomic E-state index is 0.0687. The van der Waals surface area contributed by atoms with Crippen LogP contribution in [-0.4, -0.2) is 32.9 Å². The Morgan fingerprint density at radius 1 is 0.879 bits per heavy atom. The molecular formula is C26H24Cl2N2O3. The molecule has 170 valence electrons. The maximum Gasteiger partial charge on any atom is 0.203 e. The summed E-state index contributed by atoms with van der Waals surface area (Å²) in [5, 5.41) is 6.18. The molecule has 0 saturated carbocycles. The van der Waals surface area contributed by atoms with Gasteiger partial charge < -0.3 is 24.5 Å². The predicted molar refractivity (Wildman–Crippen MR) is 133 cm³/mol. The van der Waals surface area contributed by atoms with Gasteiger partial charge in [0, 0.05) is 39.1 Å². The fourth-order valence-corrected chi connectivity index (χ4v) is 5.37. The van der Waals surface area contributed by atoms with E-state index in [9.17, 15) is 0 Å². The van der Waals surface area contributed by atoms with Crippen LogP contribution in [-0.2, 0) is 0 Å². The summed E-state index contributed by atoms with van der Waals surface area (Å²) in [6.07, 6.45) is 0. The molecule has 0 saturated heterocycles. The van der Waals surface area contributed by atoms with Gasteiger partial charge in [0.25, 0.3) is 0 Å². The normalized spacial score (nSPS) is 17.6. The van der Waals surface area contributed by atoms with Gasteiger partial charge in [-0.25, -0.2) is 0 Å². The van der Waals surface area contributed by atoms with Gasteiger partial charge in [0.05, 0.1) is 27.4 Å². The van der Waals surface area contributed by atoms with Crippen molar-refractivity contribution in [2.75, 3.05) is 27.9 Å². The molecule has 0 unspecified atom stereocenters. The molecule has 2 N–H and O–H groups in total. The molecular weight excluding hydrogens is 459 g/mol. The third-order valence-electron chi connectivity index (χ3n) is 6.30. The van der Waals surface area contributed by atoms with Crippen molar-refractivity contribution in [3.8, 4) is 17.2 Å². The summed E-state index contributed by atoms with van der Waals surface area (Å²) in [5.41, 5.74) is 5.46. The molecule has 1 aliphatic rings. The van der Waals surface area contributed by atoms with Crippen molar-refractivity contribution in [2.24, 2.45) is 0 Å². The summed E-state index contributed by atoms with van der Waals surface area (Å²) < 4.78 is 16.7. The molecule has 7 heteroatoms. The molecule has 0 bridgehead atoms. The van der Waals surface area contributed by atoms with Gasteiger partial charge in [-0.2, -0.15) is 0 Å². The second-order valence-electron chi connectivity index (χ2n) is 8.02. The van der Waals surface area contributed by atoms with Crippen LogP contribution in [0.3, 0.4) is 0 Å². The molecule has 2 heterocycles. The number of nitrogens with one attached hydrogen (secondary N) is 2. The Bertz CT molecular complexity index is 1310. The first-order valence-electron chi connectivity index (χ1n) is 10.6. The van der Waals surface area contributed by atoms with Gasteiger partial charge in [0.1, 0.15) is 0 Å². The van der Waals surface area contributed by atoms with E-state index in [2.05, 4.69) is 28.5 Å². The lowest BCUT2D eigenvalue weighted by molar-refractivity contribution is 0.323. The molecule has 4 aromatic rings. The number of para-hydroxylation sites is 1. The number of hydrogen-bond acceptors (Lipinski definition) is 4. The molecule has 0 radical (unpaired) electrons. The van der Waals surface area contributed by atoms with Gasteiger partial charge in [0.15, 0.2) is 11.5 Å². The number of fused-ring (bicyclic) bond motifs is 3. The average molecular weight is 483 g/mol. The van der Waals surface area contributed by atoms with Crippen LogP contribution in [0.5, 0.6) is 17.2 Å². The van der Waals surface area contributed by atoms with Gasteiger partial charge in [-0.3, -0.25) is 0 Å². The second kappa shape index (κ2) is 8.82. The minimum Gasteiger partial charge on any atom is -0.493 e. The van der Waals surface area contributed by atoms with E-state index < -0.39 is 0 Å². The monoisotopic (exact) mass is 482 g/mol. The van der Waals surface area contributed by atoms with Gasteiger partial charge in [-0.05, 0) is 47.0 Å². The largest absolute Gasteiger partial charge is 0.493 e. The first kappa shape index (κ1) is 22.0. The number of hydrogen-bond donors (Lipinski definition) is 2. The smallest absolute Gasteiger partial charge is 0.203 e. The second-order valence-corrected chi connectivity index (χ2v) is 8.86. The number of aromatic amines is 1. The van der Waals surface area contributed by atoms with E-state index in [1.54, 1.807) is 27.4 Å². The van der Waals surface area contributed by atoms with Gasteiger partial charge in [-0.15, -0.1) is 0 Å². The summed E-state index contributed by atoms with van der Waals surface area (Å²) in [5.74, 6) is 1.88. The van der Waals surface area contributed by atoms with Crippen molar-refractivity contribution in [3.63, 3.8) is 0 Å². The summed E-state index contributed by atoms with van der Waals surface area (Å²) >= 11 is 12.8. The predicted octanol–water partition coefficient (Wildman–Crippen LogP) is 6.33. The fraction of sp³-hybridized carbons (Fsp3) is 0.231. The highest BCUT2D eigenvalue weighted by molar-refractivity contribution is 6.35. The minimum atomic E-state index is -0.0940. The van der Waals surface area contributed by atoms with Gasteiger partial charge >= 0.3 is 0 Å². The van der Waals surface area contributed by atoms with E-state index in [1.165, 1.54) is 10.9 Å². The third kappa shape index (κ3) is 3.70. The van der Waals surface area contributed by atoms with Crippen molar-refractivity contribution in [1.29, 1.82) is 0 Å². The van der Waals surface area contributed by atoms with Crippen LogP contribution < -0.4 is 19.5 Å². The Morgan fingerprint density at radius 2 is 1.61 bits per heavy atom. The van der Waals surface area contributed by atoms with Crippen molar-refractivity contribution >= 4 is 34.1 Å². The van der Waals surface area contributed by atoms with E-state index in [0.29, 0.717) is 33.8 Å². The zero-order chi connectivity index (χ0) is 23.1. The van der Waals surface area contributed by atoms with Crippen LogP contribution in [0.4, 0.5) is 0 Å². The summed E-state index contributed by atoms with van der Waals surface area (Å²) in [4.78, 5) is 3.65. The lowest BCUT2D eigenvalue weighted by Crippen LogP contribution is -2.34. The van der Waals surface area contributed by atoms with E-state index in [-0.39, 0.29) is 12.0 Å². The van der Waals surface area contributed by atoms with Crippen LogP contribution in [0.1, 0.15) is 34.3 Å². The molecule has 1 aliphatic heterocycles. The summed E-state index contributed by atoms with van der Waals surface area (Å²) in [6.45, 7) is 0.706. The van der Waals surface area contributed by atoms with Crippen LogP contribution in [0.25, 0.3) is 10.9 Å². The number of ether oxygens (including phenoxy) is 3. The topological polar surface area (TPSA) is 55.5 Å². The van der Waals surface area contributed by atoms with Crippen molar-refractivity contribution in [3.05, 3.63) is 87.0 Å². The zero-order valence-corrected chi connectivity index (χ0v) is 20.1.